The van der Waals surface area contributed by atoms with E-state index < -0.39 is 0 Å². The molecule has 21 heavy (non-hydrogen) atoms. The van der Waals surface area contributed by atoms with Crippen molar-refractivity contribution in [2.45, 2.75) is 44.6 Å². The lowest BCUT2D eigenvalue weighted by atomic mass is 10.2. The number of hydrogen-bond acceptors (Lipinski definition) is 7. The van der Waals surface area contributed by atoms with Gasteiger partial charge in [-0.05, 0) is 20.3 Å². The summed E-state index contributed by atoms with van der Waals surface area (Å²) >= 11 is 0. The van der Waals surface area contributed by atoms with Gasteiger partial charge in [-0.3, -0.25) is 4.90 Å². The molecule has 3 unspecified atom stereocenters. The Kier molecular flexibility index (Phi) is 4.54. The highest BCUT2D eigenvalue weighted by molar-refractivity contribution is 5.00. The molecule has 7 heteroatoms. The van der Waals surface area contributed by atoms with E-state index in [1.807, 2.05) is 0 Å². The summed E-state index contributed by atoms with van der Waals surface area (Å²) in [6.07, 6.45) is 0.980. The van der Waals surface area contributed by atoms with Gasteiger partial charge in [0.1, 0.15) is 6.10 Å². The van der Waals surface area contributed by atoms with Crippen molar-refractivity contribution in [2.75, 3.05) is 33.4 Å². The first-order valence-corrected chi connectivity index (χ1v) is 7.62. The van der Waals surface area contributed by atoms with Crippen LogP contribution in [0.2, 0.25) is 0 Å². The zero-order chi connectivity index (χ0) is 14.8. The van der Waals surface area contributed by atoms with Gasteiger partial charge in [0.05, 0.1) is 18.8 Å². The fourth-order valence-electron chi connectivity index (χ4n) is 2.88. The third kappa shape index (κ3) is 3.26. The SMILES string of the molecule is COC1CNC(c2nc(C3CN(C(C)C)CCO3)no2)C1. The minimum absolute atomic E-state index is 0.0843. The molecule has 1 aromatic heterocycles. The molecule has 1 aromatic rings. The lowest BCUT2D eigenvalue weighted by Gasteiger charge is -2.34. The minimum Gasteiger partial charge on any atom is -0.380 e. The Morgan fingerprint density at radius 3 is 3.00 bits per heavy atom. The Morgan fingerprint density at radius 1 is 1.43 bits per heavy atom. The number of nitrogens with zero attached hydrogens (tertiary/aromatic N) is 3. The average molecular weight is 296 g/mol. The molecule has 0 saturated carbocycles. The number of hydrogen-bond donors (Lipinski definition) is 1. The maximum Gasteiger partial charge on any atom is 0.243 e. The van der Waals surface area contributed by atoms with Crippen LogP contribution in [-0.4, -0.2) is 60.5 Å². The lowest BCUT2D eigenvalue weighted by Crippen LogP contribution is -2.42. The summed E-state index contributed by atoms with van der Waals surface area (Å²) in [5, 5.41) is 7.46. The van der Waals surface area contributed by atoms with Gasteiger partial charge < -0.3 is 19.3 Å². The zero-order valence-electron chi connectivity index (χ0n) is 12.9. The third-order valence-electron chi connectivity index (χ3n) is 4.30. The molecule has 2 saturated heterocycles. The van der Waals surface area contributed by atoms with E-state index in [0.717, 1.165) is 26.1 Å². The second-order valence-corrected chi connectivity index (χ2v) is 5.99. The number of nitrogens with one attached hydrogen (secondary N) is 1. The Hall–Kier alpha value is -1.02. The number of aromatic nitrogens is 2. The van der Waals surface area contributed by atoms with Gasteiger partial charge in [-0.2, -0.15) is 4.98 Å². The maximum absolute atomic E-state index is 5.79. The largest absolute Gasteiger partial charge is 0.380 e. The normalized spacial score (nSPS) is 31.1. The van der Waals surface area contributed by atoms with Crippen molar-refractivity contribution in [2.24, 2.45) is 0 Å². The molecule has 118 valence electrons. The van der Waals surface area contributed by atoms with Gasteiger partial charge in [-0.15, -0.1) is 0 Å². The Labute approximate surface area is 125 Å². The first kappa shape index (κ1) is 14.9. The van der Waals surface area contributed by atoms with Crippen LogP contribution >= 0.6 is 0 Å². The second kappa shape index (κ2) is 6.39. The van der Waals surface area contributed by atoms with Crippen molar-refractivity contribution < 1.29 is 14.0 Å². The highest BCUT2D eigenvalue weighted by Crippen LogP contribution is 2.26. The van der Waals surface area contributed by atoms with Crippen LogP contribution in [0.25, 0.3) is 0 Å². The molecule has 0 radical (unpaired) electrons. The molecule has 3 rings (SSSR count). The highest BCUT2D eigenvalue weighted by atomic mass is 16.5. The molecule has 7 nitrogen and oxygen atoms in total. The zero-order valence-corrected chi connectivity index (χ0v) is 12.9. The summed E-state index contributed by atoms with van der Waals surface area (Å²) in [7, 11) is 1.73. The monoisotopic (exact) mass is 296 g/mol. The van der Waals surface area contributed by atoms with E-state index in [1.54, 1.807) is 7.11 Å². The standard InChI is InChI=1S/C14H24N4O3/c1-9(2)18-4-5-20-12(8-18)13-16-14(21-17-13)11-6-10(19-3)7-15-11/h9-12,15H,4-8H2,1-3H3. The van der Waals surface area contributed by atoms with Gasteiger partial charge in [0.15, 0.2) is 0 Å². The average Bonchev–Trinajstić information content (AvgIpc) is 3.16. The van der Waals surface area contributed by atoms with Crippen LogP contribution < -0.4 is 5.32 Å². The topological polar surface area (TPSA) is 72.7 Å². The first-order valence-electron chi connectivity index (χ1n) is 7.62. The molecule has 0 aromatic carbocycles. The molecule has 0 spiro atoms. The molecule has 0 aliphatic carbocycles. The van der Waals surface area contributed by atoms with E-state index in [1.165, 1.54) is 0 Å². The fourth-order valence-corrected chi connectivity index (χ4v) is 2.88. The molecule has 2 aliphatic heterocycles. The van der Waals surface area contributed by atoms with Gasteiger partial charge in [-0.1, -0.05) is 5.16 Å². The molecular formula is C14H24N4O3. The van der Waals surface area contributed by atoms with E-state index in [2.05, 4.69) is 34.2 Å². The number of ether oxygens (including phenoxy) is 2. The van der Waals surface area contributed by atoms with E-state index in [0.29, 0.717) is 24.4 Å². The van der Waals surface area contributed by atoms with E-state index >= 15 is 0 Å². The lowest BCUT2D eigenvalue weighted by molar-refractivity contribution is -0.0450. The second-order valence-electron chi connectivity index (χ2n) is 5.99. The van der Waals surface area contributed by atoms with Gasteiger partial charge in [-0.25, -0.2) is 0 Å². The van der Waals surface area contributed by atoms with Crippen LogP contribution in [0.3, 0.4) is 0 Å². The molecule has 2 aliphatic rings. The van der Waals surface area contributed by atoms with Crippen LogP contribution in [0.15, 0.2) is 4.52 Å². The van der Waals surface area contributed by atoms with Crippen molar-refractivity contribution >= 4 is 0 Å². The van der Waals surface area contributed by atoms with Crippen molar-refractivity contribution in [3.63, 3.8) is 0 Å². The number of rotatable bonds is 4. The van der Waals surface area contributed by atoms with E-state index in [-0.39, 0.29) is 18.2 Å². The number of morpholine rings is 1. The molecule has 3 heterocycles. The van der Waals surface area contributed by atoms with Crippen LogP contribution in [0.5, 0.6) is 0 Å². The third-order valence-corrected chi connectivity index (χ3v) is 4.30. The van der Waals surface area contributed by atoms with Crippen LogP contribution in [0.4, 0.5) is 0 Å². The summed E-state index contributed by atoms with van der Waals surface area (Å²) < 4.78 is 16.5. The molecule has 0 bridgehead atoms. The summed E-state index contributed by atoms with van der Waals surface area (Å²) in [4.78, 5) is 6.90. The molecular weight excluding hydrogens is 272 g/mol. The summed E-state index contributed by atoms with van der Waals surface area (Å²) in [6, 6.07) is 0.586. The highest BCUT2D eigenvalue weighted by Gasteiger charge is 2.32. The minimum atomic E-state index is -0.0988. The fraction of sp³-hybridized carbons (Fsp3) is 0.857. The van der Waals surface area contributed by atoms with E-state index in [9.17, 15) is 0 Å². The van der Waals surface area contributed by atoms with Crippen LogP contribution in [-0.2, 0) is 9.47 Å². The molecule has 3 atom stereocenters. The van der Waals surface area contributed by atoms with Crippen LogP contribution in [0.1, 0.15) is 44.1 Å². The van der Waals surface area contributed by atoms with Gasteiger partial charge in [0, 0.05) is 32.8 Å². The van der Waals surface area contributed by atoms with Crippen LogP contribution in [0, 0.1) is 0 Å². The maximum atomic E-state index is 5.79. The summed E-state index contributed by atoms with van der Waals surface area (Å²) in [5.74, 6) is 1.29. The van der Waals surface area contributed by atoms with Gasteiger partial charge >= 0.3 is 0 Å². The number of methoxy groups -OCH3 is 1. The molecule has 0 amide bonds. The smallest absolute Gasteiger partial charge is 0.243 e. The first-order chi connectivity index (χ1) is 10.2. The van der Waals surface area contributed by atoms with Gasteiger partial charge in [0.25, 0.3) is 0 Å². The van der Waals surface area contributed by atoms with Crippen molar-refractivity contribution in [1.29, 1.82) is 0 Å². The Morgan fingerprint density at radius 2 is 2.29 bits per heavy atom. The van der Waals surface area contributed by atoms with E-state index in [4.69, 9.17) is 14.0 Å². The van der Waals surface area contributed by atoms with Gasteiger partial charge in [0.2, 0.25) is 11.7 Å². The van der Waals surface area contributed by atoms with Crippen molar-refractivity contribution in [1.82, 2.24) is 20.4 Å². The Balaban J connectivity index is 1.65. The van der Waals surface area contributed by atoms with Crippen molar-refractivity contribution in [3.05, 3.63) is 11.7 Å². The Bertz CT molecular complexity index is 465. The molecule has 1 N–H and O–H groups in total. The van der Waals surface area contributed by atoms with Crippen molar-refractivity contribution in [3.8, 4) is 0 Å². The summed E-state index contributed by atoms with van der Waals surface area (Å²) in [5.41, 5.74) is 0. The molecule has 2 fully saturated rings. The predicted molar refractivity (Wildman–Crippen MR) is 75.9 cm³/mol. The predicted octanol–water partition coefficient (Wildman–Crippen LogP) is 0.901. The summed E-state index contributed by atoms with van der Waals surface area (Å²) in [6.45, 7) is 7.68. The quantitative estimate of drug-likeness (QED) is 0.885.